The summed E-state index contributed by atoms with van der Waals surface area (Å²) in [7, 11) is 5.30. The van der Waals surface area contributed by atoms with Crippen LogP contribution in [0.4, 0.5) is 0 Å². The molecule has 0 saturated carbocycles. The predicted molar refractivity (Wildman–Crippen MR) is 69.9 cm³/mol. The molecule has 0 bridgehead atoms. The lowest BCUT2D eigenvalue weighted by Crippen LogP contribution is -2.29. The third-order valence-electron chi connectivity index (χ3n) is 2.76. The Morgan fingerprint density at radius 2 is 2.00 bits per heavy atom. The molecule has 0 aliphatic carbocycles. The molecule has 2 N–H and O–H groups in total. The minimum atomic E-state index is 0.208. The zero-order valence-corrected chi connectivity index (χ0v) is 11.0. The van der Waals surface area contributed by atoms with Crippen LogP contribution in [0.5, 0.6) is 11.5 Å². The zero-order valence-electron chi connectivity index (χ0n) is 11.0. The van der Waals surface area contributed by atoms with Crippen molar-refractivity contribution in [2.75, 3.05) is 34.4 Å². The van der Waals surface area contributed by atoms with Crippen LogP contribution in [0.2, 0.25) is 0 Å². The molecule has 0 heterocycles. The van der Waals surface area contributed by atoms with Gasteiger partial charge in [-0.05, 0) is 31.8 Å². The van der Waals surface area contributed by atoms with Crippen LogP contribution in [0.25, 0.3) is 0 Å². The van der Waals surface area contributed by atoms with Gasteiger partial charge in [0.15, 0.2) is 0 Å². The van der Waals surface area contributed by atoms with Crippen molar-refractivity contribution in [1.82, 2.24) is 10.6 Å². The topological polar surface area (TPSA) is 42.5 Å². The summed E-state index contributed by atoms with van der Waals surface area (Å²) in [6.07, 6.45) is 0. The van der Waals surface area contributed by atoms with E-state index >= 15 is 0 Å². The Morgan fingerprint density at radius 1 is 1.24 bits per heavy atom. The third kappa shape index (κ3) is 3.61. The van der Waals surface area contributed by atoms with Crippen molar-refractivity contribution < 1.29 is 9.47 Å². The standard InChI is InChI=1S/C13H22N2O2/c1-5-15-9-12(14-2)11-8-10(16-3)6-7-13(11)17-4/h6-8,12,14-15H,5,9H2,1-4H3. The first-order chi connectivity index (χ1) is 8.26. The lowest BCUT2D eigenvalue weighted by molar-refractivity contribution is 0.389. The van der Waals surface area contributed by atoms with E-state index in [0.717, 1.165) is 30.2 Å². The molecule has 0 aliphatic rings. The maximum absolute atomic E-state index is 5.38. The van der Waals surface area contributed by atoms with E-state index < -0.39 is 0 Å². The Bertz CT molecular complexity index is 342. The van der Waals surface area contributed by atoms with Crippen LogP contribution in [0, 0.1) is 0 Å². The fourth-order valence-electron chi connectivity index (χ4n) is 1.77. The van der Waals surface area contributed by atoms with Crippen molar-refractivity contribution in [3.63, 3.8) is 0 Å². The minimum absolute atomic E-state index is 0.208. The lowest BCUT2D eigenvalue weighted by atomic mass is 10.1. The van der Waals surface area contributed by atoms with Gasteiger partial charge in [0.2, 0.25) is 0 Å². The van der Waals surface area contributed by atoms with Gasteiger partial charge in [-0.25, -0.2) is 0 Å². The highest BCUT2D eigenvalue weighted by Gasteiger charge is 2.14. The Kier molecular flexibility index (Phi) is 5.80. The Balaban J connectivity index is 2.97. The highest BCUT2D eigenvalue weighted by Crippen LogP contribution is 2.28. The molecule has 0 aliphatic heterocycles. The second-order valence-corrected chi connectivity index (χ2v) is 3.76. The van der Waals surface area contributed by atoms with Crippen molar-refractivity contribution in [2.24, 2.45) is 0 Å². The van der Waals surface area contributed by atoms with E-state index in [1.54, 1.807) is 14.2 Å². The summed E-state index contributed by atoms with van der Waals surface area (Å²) < 4.78 is 10.6. The predicted octanol–water partition coefficient (Wildman–Crippen LogP) is 1.57. The minimum Gasteiger partial charge on any atom is -0.497 e. The van der Waals surface area contributed by atoms with Gasteiger partial charge in [0.1, 0.15) is 11.5 Å². The lowest BCUT2D eigenvalue weighted by Gasteiger charge is -2.20. The van der Waals surface area contributed by atoms with E-state index in [0.29, 0.717) is 0 Å². The summed E-state index contributed by atoms with van der Waals surface area (Å²) in [4.78, 5) is 0. The molecular weight excluding hydrogens is 216 g/mol. The van der Waals surface area contributed by atoms with Gasteiger partial charge in [-0.1, -0.05) is 6.92 Å². The average molecular weight is 238 g/mol. The summed E-state index contributed by atoms with van der Waals surface area (Å²) in [5.74, 6) is 1.72. The van der Waals surface area contributed by atoms with Crippen LogP contribution < -0.4 is 20.1 Å². The molecule has 1 unspecified atom stereocenters. The Morgan fingerprint density at radius 3 is 2.53 bits per heavy atom. The van der Waals surface area contributed by atoms with Crippen LogP contribution in [-0.2, 0) is 0 Å². The third-order valence-corrected chi connectivity index (χ3v) is 2.76. The van der Waals surface area contributed by atoms with E-state index in [1.807, 2.05) is 25.2 Å². The normalized spacial score (nSPS) is 12.2. The van der Waals surface area contributed by atoms with Gasteiger partial charge in [-0.3, -0.25) is 0 Å². The van der Waals surface area contributed by atoms with Crippen molar-refractivity contribution >= 4 is 0 Å². The molecule has 0 radical (unpaired) electrons. The van der Waals surface area contributed by atoms with Crippen molar-refractivity contribution in [2.45, 2.75) is 13.0 Å². The Hall–Kier alpha value is -1.26. The number of nitrogens with one attached hydrogen (secondary N) is 2. The highest BCUT2D eigenvalue weighted by molar-refractivity contribution is 5.42. The number of ether oxygens (including phenoxy) is 2. The summed E-state index contributed by atoms with van der Waals surface area (Å²) >= 11 is 0. The number of likely N-dealkylation sites (N-methyl/N-ethyl adjacent to an activating group) is 2. The smallest absolute Gasteiger partial charge is 0.123 e. The first-order valence-corrected chi connectivity index (χ1v) is 5.86. The fourth-order valence-corrected chi connectivity index (χ4v) is 1.77. The molecule has 0 spiro atoms. The number of rotatable bonds is 7. The number of hydrogen-bond acceptors (Lipinski definition) is 4. The van der Waals surface area contributed by atoms with E-state index in [2.05, 4.69) is 17.6 Å². The average Bonchev–Trinajstić information content (AvgIpc) is 2.39. The number of methoxy groups -OCH3 is 2. The fraction of sp³-hybridized carbons (Fsp3) is 0.538. The first kappa shape index (κ1) is 13.8. The molecule has 0 saturated heterocycles. The summed E-state index contributed by atoms with van der Waals surface area (Å²) in [6.45, 7) is 3.90. The van der Waals surface area contributed by atoms with Crippen molar-refractivity contribution in [3.8, 4) is 11.5 Å². The molecular formula is C13H22N2O2. The molecule has 0 aromatic heterocycles. The van der Waals surface area contributed by atoms with Crippen LogP contribution in [0.15, 0.2) is 18.2 Å². The van der Waals surface area contributed by atoms with Gasteiger partial charge in [-0.2, -0.15) is 0 Å². The van der Waals surface area contributed by atoms with E-state index in [1.165, 1.54) is 0 Å². The summed E-state index contributed by atoms with van der Waals surface area (Å²) in [5.41, 5.74) is 1.11. The monoisotopic (exact) mass is 238 g/mol. The maximum Gasteiger partial charge on any atom is 0.123 e. The molecule has 1 aromatic rings. The molecule has 0 fully saturated rings. The highest BCUT2D eigenvalue weighted by atomic mass is 16.5. The van der Waals surface area contributed by atoms with Gasteiger partial charge in [0.25, 0.3) is 0 Å². The maximum atomic E-state index is 5.38. The Labute approximate surface area is 103 Å². The van der Waals surface area contributed by atoms with Crippen LogP contribution in [0.3, 0.4) is 0 Å². The van der Waals surface area contributed by atoms with Gasteiger partial charge >= 0.3 is 0 Å². The molecule has 96 valence electrons. The second-order valence-electron chi connectivity index (χ2n) is 3.76. The quantitative estimate of drug-likeness (QED) is 0.757. The van der Waals surface area contributed by atoms with Crippen molar-refractivity contribution in [1.29, 1.82) is 0 Å². The largest absolute Gasteiger partial charge is 0.497 e. The molecule has 1 rings (SSSR count). The summed E-state index contributed by atoms with van der Waals surface area (Å²) in [6, 6.07) is 6.06. The van der Waals surface area contributed by atoms with Crippen molar-refractivity contribution in [3.05, 3.63) is 23.8 Å². The van der Waals surface area contributed by atoms with Crippen LogP contribution >= 0.6 is 0 Å². The van der Waals surface area contributed by atoms with E-state index in [-0.39, 0.29) is 6.04 Å². The van der Waals surface area contributed by atoms with Crippen LogP contribution in [0.1, 0.15) is 18.5 Å². The van der Waals surface area contributed by atoms with Gasteiger partial charge in [0.05, 0.1) is 14.2 Å². The first-order valence-electron chi connectivity index (χ1n) is 5.86. The molecule has 1 aromatic carbocycles. The summed E-state index contributed by atoms with van der Waals surface area (Å²) in [5, 5.41) is 6.61. The number of benzene rings is 1. The number of hydrogen-bond donors (Lipinski definition) is 2. The SMILES string of the molecule is CCNCC(NC)c1cc(OC)ccc1OC. The van der Waals surface area contributed by atoms with E-state index in [9.17, 15) is 0 Å². The van der Waals surface area contributed by atoms with E-state index in [4.69, 9.17) is 9.47 Å². The molecule has 4 nitrogen and oxygen atoms in total. The van der Waals surface area contributed by atoms with Gasteiger partial charge < -0.3 is 20.1 Å². The molecule has 17 heavy (non-hydrogen) atoms. The molecule has 4 heteroatoms. The van der Waals surface area contributed by atoms with Gasteiger partial charge in [-0.15, -0.1) is 0 Å². The van der Waals surface area contributed by atoms with Gasteiger partial charge in [0, 0.05) is 18.2 Å². The molecule has 1 atom stereocenters. The van der Waals surface area contributed by atoms with Crippen LogP contribution in [-0.4, -0.2) is 34.4 Å². The second kappa shape index (κ2) is 7.14. The zero-order chi connectivity index (χ0) is 12.7. The molecule has 0 amide bonds.